The van der Waals surface area contributed by atoms with E-state index in [1.807, 2.05) is 37.3 Å². The number of hydrogen-bond acceptors (Lipinski definition) is 5. The van der Waals surface area contributed by atoms with E-state index >= 15 is 0 Å². The molecular weight excluding hydrogens is 645 g/mol. The molecule has 0 aliphatic heterocycles. The molecule has 1 N–H and O–H groups in total. The number of carbonyl (C=O) groups is 2. The zero-order valence-electron chi connectivity index (χ0n) is 25.7. The van der Waals surface area contributed by atoms with Gasteiger partial charge in [0.25, 0.3) is 10.0 Å². The van der Waals surface area contributed by atoms with Crippen molar-refractivity contribution < 1.29 is 22.7 Å². The van der Waals surface area contributed by atoms with Crippen molar-refractivity contribution in [1.29, 1.82) is 0 Å². The van der Waals surface area contributed by atoms with Gasteiger partial charge in [-0.3, -0.25) is 13.9 Å². The van der Waals surface area contributed by atoms with Gasteiger partial charge in [-0.1, -0.05) is 96.9 Å². The average molecular weight is 683 g/mol. The number of carbonyl (C=O) groups excluding carboxylic acids is 2. The molecular formula is C35H37Cl2N3O5S. The number of benzene rings is 4. The molecule has 0 bridgehead atoms. The molecule has 0 fully saturated rings. The molecule has 0 saturated carbocycles. The first-order chi connectivity index (χ1) is 22.1. The Kier molecular flexibility index (Phi) is 12.5. The predicted molar refractivity (Wildman–Crippen MR) is 183 cm³/mol. The van der Waals surface area contributed by atoms with Gasteiger partial charge in [-0.05, 0) is 60.9 Å². The smallest absolute Gasteiger partial charge is 0.264 e. The first kappa shape index (κ1) is 34.8. The maximum absolute atomic E-state index is 14.6. The molecule has 242 valence electrons. The molecule has 0 unspecified atom stereocenters. The monoisotopic (exact) mass is 681 g/mol. The van der Waals surface area contributed by atoms with E-state index in [9.17, 15) is 18.0 Å². The molecule has 4 rings (SSSR count). The lowest BCUT2D eigenvalue weighted by molar-refractivity contribution is -0.140. The van der Waals surface area contributed by atoms with Crippen molar-refractivity contribution in [1.82, 2.24) is 10.2 Å². The van der Waals surface area contributed by atoms with Crippen molar-refractivity contribution in [2.75, 3.05) is 24.0 Å². The summed E-state index contributed by atoms with van der Waals surface area (Å²) in [6.07, 6.45) is 0.895. The molecule has 11 heteroatoms. The Morgan fingerprint density at radius 3 is 2.13 bits per heavy atom. The normalized spacial score (nSPS) is 11.8. The van der Waals surface area contributed by atoms with Crippen LogP contribution in [-0.4, -0.2) is 50.9 Å². The van der Waals surface area contributed by atoms with Crippen molar-refractivity contribution in [3.8, 4) is 5.75 Å². The van der Waals surface area contributed by atoms with Crippen molar-refractivity contribution >= 4 is 50.7 Å². The maximum Gasteiger partial charge on any atom is 0.264 e. The number of sulfonamides is 1. The minimum absolute atomic E-state index is 0.00617. The summed E-state index contributed by atoms with van der Waals surface area (Å²) in [6.45, 7) is 3.79. The molecule has 0 aromatic heterocycles. The molecule has 0 saturated heterocycles. The summed E-state index contributed by atoms with van der Waals surface area (Å²) in [5.74, 6) is -0.648. The summed E-state index contributed by atoms with van der Waals surface area (Å²) in [7, 11) is -4.26. The van der Waals surface area contributed by atoms with E-state index in [0.717, 1.165) is 9.87 Å². The SMILES string of the molecule is CCCNC(=O)[C@H](Cc1ccccc1)N(Cc1ccc(Cl)c(Cl)c1)C(=O)CN(c1ccccc1OCC)S(=O)(=O)c1ccccc1. The van der Waals surface area contributed by atoms with Gasteiger partial charge in [0.05, 0.1) is 27.2 Å². The highest BCUT2D eigenvalue weighted by molar-refractivity contribution is 7.92. The third-order valence-electron chi connectivity index (χ3n) is 7.20. The molecule has 0 radical (unpaired) electrons. The summed E-state index contributed by atoms with van der Waals surface area (Å²) in [5, 5.41) is 3.57. The number of nitrogens with zero attached hydrogens (tertiary/aromatic N) is 2. The van der Waals surface area contributed by atoms with E-state index in [4.69, 9.17) is 27.9 Å². The number of ether oxygens (including phenoxy) is 1. The lowest BCUT2D eigenvalue weighted by Gasteiger charge is -2.34. The zero-order valence-corrected chi connectivity index (χ0v) is 28.1. The molecule has 0 heterocycles. The van der Waals surface area contributed by atoms with E-state index < -0.39 is 28.5 Å². The fourth-order valence-electron chi connectivity index (χ4n) is 4.93. The topological polar surface area (TPSA) is 96.0 Å². The molecule has 0 aliphatic rings. The second-order valence-electron chi connectivity index (χ2n) is 10.5. The fraction of sp³-hybridized carbons (Fsp3) is 0.257. The summed E-state index contributed by atoms with van der Waals surface area (Å²) >= 11 is 12.5. The first-order valence-electron chi connectivity index (χ1n) is 15.0. The number of anilines is 1. The molecule has 46 heavy (non-hydrogen) atoms. The summed E-state index contributed by atoms with van der Waals surface area (Å²) in [5.41, 5.74) is 1.66. The van der Waals surface area contributed by atoms with Crippen LogP contribution in [0.15, 0.2) is 108 Å². The van der Waals surface area contributed by atoms with Crippen LogP contribution >= 0.6 is 23.2 Å². The van der Waals surface area contributed by atoms with Gasteiger partial charge in [-0.25, -0.2) is 8.42 Å². The molecule has 1 atom stereocenters. The van der Waals surface area contributed by atoms with Gasteiger partial charge in [-0.2, -0.15) is 0 Å². The quantitative estimate of drug-likeness (QED) is 0.150. The summed E-state index contributed by atoms with van der Waals surface area (Å²) in [4.78, 5) is 29.8. The Hall–Kier alpha value is -4.05. The van der Waals surface area contributed by atoms with Gasteiger partial charge in [0.2, 0.25) is 11.8 Å². The van der Waals surface area contributed by atoms with Gasteiger partial charge in [0, 0.05) is 19.5 Å². The highest BCUT2D eigenvalue weighted by Crippen LogP contribution is 2.33. The van der Waals surface area contributed by atoms with E-state index in [1.54, 1.807) is 67.6 Å². The Morgan fingerprint density at radius 1 is 0.826 bits per heavy atom. The van der Waals surface area contributed by atoms with Crippen molar-refractivity contribution in [3.05, 3.63) is 124 Å². The standard InChI is InChI=1S/C35H37Cl2N3O5S/c1-3-21-38-35(42)32(23-26-13-7-5-8-14-26)39(24-27-19-20-29(36)30(37)22-27)34(41)25-40(31-17-11-12-18-33(31)45-4-2)46(43,44)28-15-9-6-10-16-28/h5-20,22,32H,3-4,21,23-25H2,1-2H3,(H,38,42)/t32-/m0/s1. The van der Waals surface area contributed by atoms with Crippen LogP contribution in [0.3, 0.4) is 0 Å². The zero-order chi connectivity index (χ0) is 33.1. The third kappa shape index (κ3) is 8.81. The van der Waals surface area contributed by atoms with E-state index in [1.165, 1.54) is 17.0 Å². The van der Waals surface area contributed by atoms with Crippen LogP contribution < -0.4 is 14.4 Å². The molecule has 2 amide bonds. The van der Waals surface area contributed by atoms with Crippen LogP contribution in [0.5, 0.6) is 5.75 Å². The number of amides is 2. The third-order valence-corrected chi connectivity index (χ3v) is 9.71. The van der Waals surface area contributed by atoms with Crippen molar-refractivity contribution in [2.45, 2.75) is 44.2 Å². The van der Waals surface area contributed by atoms with Crippen LogP contribution in [-0.2, 0) is 32.6 Å². The second kappa shape index (κ2) is 16.5. The minimum atomic E-state index is -4.26. The van der Waals surface area contributed by atoms with Crippen LogP contribution in [0.2, 0.25) is 10.0 Å². The second-order valence-corrected chi connectivity index (χ2v) is 13.2. The average Bonchev–Trinajstić information content (AvgIpc) is 3.07. The Morgan fingerprint density at radius 2 is 1.48 bits per heavy atom. The maximum atomic E-state index is 14.6. The first-order valence-corrected chi connectivity index (χ1v) is 17.2. The van der Waals surface area contributed by atoms with Crippen molar-refractivity contribution in [2.24, 2.45) is 0 Å². The molecule has 0 aliphatic carbocycles. The van der Waals surface area contributed by atoms with E-state index in [0.29, 0.717) is 34.3 Å². The molecule has 0 spiro atoms. The molecule has 8 nitrogen and oxygen atoms in total. The van der Waals surface area contributed by atoms with Gasteiger partial charge in [-0.15, -0.1) is 0 Å². The number of nitrogens with one attached hydrogen (secondary N) is 1. The summed E-state index contributed by atoms with van der Waals surface area (Å²) < 4.78 is 35.3. The minimum Gasteiger partial charge on any atom is -0.492 e. The highest BCUT2D eigenvalue weighted by Gasteiger charge is 2.35. The van der Waals surface area contributed by atoms with Crippen molar-refractivity contribution in [3.63, 3.8) is 0 Å². The van der Waals surface area contributed by atoms with Gasteiger partial charge < -0.3 is 15.0 Å². The van der Waals surface area contributed by atoms with Crippen LogP contribution in [0.4, 0.5) is 5.69 Å². The highest BCUT2D eigenvalue weighted by atomic mass is 35.5. The Bertz CT molecular complexity index is 1720. The Balaban J connectivity index is 1.84. The number of para-hydroxylation sites is 2. The van der Waals surface area contributed by atoms with Crippen LogP contribution in [0.1, 0.15) is 31.4 Å². The predicted octanol–water partition coefficient (Wildman–Crippen LogP) is 6.75. The van der Waals surface area contributed by atoms with E-state index in [-0.39, 0.29) is 36.1 Å². The van der Waals surface area contributed by atoms with Gasteiger partial charge in [0.1, 0.15) is 18.3 Å². The number of halogens is 2. The van der Waals surface area contributed by atoms with Gasteiger partial charge >= 0.3 is 0 Å². The fourth-order valence-corrected chi connectivity index (χ4v) is 6.69. The lowest BCUT2D eigenvalue weighted by atomic mass is 10.0. The Labute approximate surface area is 280 Å². The van der Waals surface area contributed by atoms with Crippen LogP contribution in [0.25, 0.3) is 0 Å². The number of hydrogen-bond donors (Lipinski definition) is 1. The van der Waals surface area contributed by atoms with Crippen LogP contribution in [0, 0.1) is 0 Å². The number of rotatable bonds is 15. The van der Waals surface area contributed by atoms with Gasteiger partial charge in [0.15, 0.2) is 0 Å². The lowest BCUT2D eigenvalue weighted by Crippen LogP contribution is -2.53. The summed E-state index contributed by atoms with van der Waals surface area (Å²) in [6, 6.07) is 27.9. The van der Waals surface area contributed by atoms with E-state index in [2.05, 4.69) is 5.32 Å². The molecule has 4 aromatic carbocycles. The molecule has 4 aromatic rings. The largest absolute Gasteiger partial charge is 0.492 e.